The van der Waals surface area contributed by atoms with E-state index < -0.39 is 34.9 Å². The van der Waals surface area contributed by atoms with Crippen molar-refractivity contribution in [2.24, 2.45) is 0 Å². The van der Waals surface area contributed by atoms with E-state index in [0.29, 0.717) is 12.2 Å². The molecule has 3 unspecified atom stereocenters. The first-order chi connectivity index (χ1) is 20.6. The Labute approximate surface area is 258 Å². The molecule has 0 bridgehead atoms. The number of anilines is 1. The van der Waals surface area contributed by atoms with Gasteiger partial charge in [-0.1, -0.05) is 86.1 Å². The number of urea groups is 1. The van der Waals surface area contributed by atoms with Crippen molar-refractivity contribution >= 4 is 35.3 Å². The summed E-state index contributed by atoms with van der Waals surface area (Å²) in [4.78, 5) is 42.1. The van der Waals surface area contributed by atoms with Crippen molar-refractivity contribution in [1.82, 2.24) is 15.5 Å². The molecule has 4 amide bonds. The Morgan fingerprint density at radius 2 is 1.63 bits per heavy atom. The fraction of sp³-hybridized carbons (Fsp3) is 0.382. The van der Waals surface area contributed by atoms with E-state index in [4.69, 9.17) is 0 Å². The average molecular weight is 603 g/mol. The molecule has 0 aliphatic carbocycles. The van der Waals surface area contributed by atoms with Gasteiger partial charge in [0.1, 0.15) is 6.04 Å². The summed E-state index contributed by atoms with van der Waals surface area (Å²) in [7, 11) is 0. The van der Waals surface area contributed by atoms with E-state index in [0.717, 1.165) is 35.1 Å². The molecule has 0 radical (unpaired) electrons. The molecule has 3 aromatic carbocycles. The molecule has 4 rings (SSSR count). The zero-order valence-electron chi connectivity index (χ0n) is 25.3. The molecule has 0 spiro atoms. The lowest BCUT2D eigenvalue weighted by Gasteiger charge is -2.33. The van der Waals surface area contributed by atoms with Gasteiger partial charge in [0.15, 0.2) is 6.10 Å². The maximum atomic E-state index is 13.9. The van der Waals surface area contributed by atoms with Crippen LogP contribution in [0.1, 0.15) is 49.4 Å². The highest BCUT2D eigenvalue weighted by Crippen LogP contribution is 2.40. The van der Waals surface area contributed by atoms with Crippen molar-refractivity contribution < 1.29 is 19.5 Å². The molecule has 1 saturated heterocycles. The van der Waals surface area contributed by atoms with Gasteiger partial charge in [0, 0.05) is 17.0 Å². The van der Waals surface area contributed by atoms with E-state index in [1.54, 1.807) is 0 Å². The van der Waals surface area contributed by atoms with Gasteiger partial charge in [-0.25, -0.2) is 4.79 Å². The van der Waals surface area contributed by atoms with Crippen LogP contribution < -0.4 is 16.0 Å². The number of aryl methyl sites for hydroxylation is 2. The lowest BCUT2D eigenvalue weighted by Crippen LogP contribution is -2.59. The first kappa shape index (κ1) is 32.1. The summed E-state index contributed by atoms with van der Waals surface area (Å²) in [5.74, 6) is -0.627. The Morgan fingerprint density at radius 1 is 0.977 bits per heavy atom. The predicted octanol–water partition coefficient (Wildman–Crippen LogP) is 5.04. The highest BCUT2D eigenvalue weighted by molar-refractivity contribution is 8.00. The number of thioether (sulfide) groups is 1. The number of hydrogen-bond acceptors (Lipinski definition) is 5. The van der Waals surface area contributed by atoms with E-state index in [1.165, 1.54) is 16.7 Å². The highest BCUT2D eigenvalue weighted by atomic mass is 32.2. The summed E-state index contributed by atoms with van der Waals surface area (Å²) in [6.07, 6.45) is 0.388. The summed E-state index contributed by atoms with van der Waals surface area (Å²) >= 11 is 1.49. The van der Waals surface area contributed by atoms with Crippen molar-refractivity contribution in [2.45, 2.75) is 76.4 Å². The van der Waals surface area contributed by atoms with Gasteiger partial charge in [0.05, 0.1) is 11.9 Å². The van der Waals surface area contributed by atoms with Gasteiger partial charge in [-0.15, -0.1) is 11.8 Å². The fourth-order valence-corrected chi connectivity index (χ4v) is 6.55. The van der Waals surface area contributed by atoms with Crippen LogP contribution in [-0.4, -0.2) is 56.7 Å². The van der Waals surface area contributed by atoms with Gasteiger partial charge < -0.3 is 26.0 Å². The molecule has 0 aromatic heterocycles. The third-order valence-electron chi connectivity index (χ3n) is 7.83. The van der Waals surface area contributed by atoms with Crippen molar-refractivity contribution in [2.75, 3.05) is 11.2 Å². The van der Waals surface area contributed by atoms with Crippen LogP contribution in [0.2, 0.25) is 0 Å². The highest BCUT2D eigenvalue weighted by Gasteiger charge is 2.49. The summed E-state index contributed by atoms with van der Waals surface area (Å²) in [5, 5.41) is 20.2. The first-order valence-corrected chi connectivity index (χ1v) is 15.7. The summed E-state index contributed by atoms with van der Waals surface area (Å²) in [5.41, 5.74) is 4.61. The minimum absolute atomic E-state index is 0.228. The Bertz CT molecular complexity index is 1410. The van der Waals surface area contributed by atoms with Crippen molar-refractivity contribution in [3.63, 3.8) is 0 Å². The van der Waals surface area contributed by atoms with Crippen LogP contribution >= 0.6 is 11.8 Å². The Balaban J connectivity index is 1.52. The maximum absolute atomic E-state index is 13.9. The average Bonchev–Trinajstić information content (AvgIpc) is 3.32. The minimum atomic E-state index is -1.57. The molecule has 8 nitrogen and oxygen atoms in total. The van der Waals surface area contributed by atoms with E-state index in [2.05, 4.69) is 22.9 Å². The largest absolute Gasteiger partial charge is 0.381 e. The molecule has 4 N–H and O–H groups in total. The van der Waals surface area contributed by atoms with Gasteiger partial charge in [0.25, 0.3) is 5.91 Å². The molecule has 0 saturated carbocycles. The third-order valence-corrected chi connectivity index (χ3v) is 9.20. The Kier molecular flexibility index (Phi) is 10.9. The molecule has 1 aliphatic heterocycles. The summed E-state index contributed by atoms with van der Waals surface area (Å²) < 4.78 is -0.575. The van der Waals surface area contributed by atoms with Crippen LogP contribution in [0, 0.1) is 6.92 Å². The Morgan fingerprint density at radius 3 is 2.33 bits per heavy atom. The second-order valence-electron chi connectivity index (χ2n) is 11.5. The molecule has 1 fully saturated rings. The minimum Gasteiger partial charge on any atom is -0.381 e. The van der Waals surface area contributed by atoms with Crippen LogP contribution in [-0.2, 0) is 29.0 Å². The van der Waals surface area contributed by atoms with Crippen LogP contribution in [0.4, 0.5) is 10.5 Å². The van der Waals surface area contributed by atoms with Gasteiger partial charge >= 0.3 is 6.03 Å². The van der Waals surface area contributed by atoms with Gasteiger partial charge in [-0.2, -0.15) is 0 Å². The number of benzene rings is 3. The van der Waals surface area contributed by atoms with E-state index >= 15 is 0 Å². The normalized spacial score (nSPS) is 17.1. The number of aliphatic hydroxyl groups is 1. The summed E-state index contributed by atoms with van der Waals surface area (Å²) in [6.45, 7) is 8.25. The van der Waals surface area contributed by atoms with Gasteiger partial charge in [-0.3, -0.25) is 9.59 Å². The lowest BCUT2D eigenvalue weighted by atomic mass is 9.97. The maximum Gasteiger partial charge on any atom is 0.319 e. The molecular formula is C34H42N4O4S. The number of nitrogens with one attached hydrogen (secondary N) is 3. The topological polar surface area (TPSA) is 111 Å². The van der Waals surface area contributed by atoms with Crippen molar-refractivity contribution in [3.05, 3.63) is 101 Å². The zero-order chi connectivity index (χ0) is 31.0. The summed E-state index contributed by atoms with van der Waals surface area (Å²) in [6, 6.07) is 22.6. The first-order valence-electron chi connectivity index (χ1n) is 14.7. The lowest BCUT2D eigenvalue weighted by molar-refractivity contribution is -0.147. The van der Waals surface area contributed by atoms with Crippen molar-refractivity contribution in [1.29, 1.82) is 0 Å². The number of nitrogens with zero attached hydrogens (tertiary/aromatic N) is 1. The molecule has 43 heavy (non-hydrogen) atoms. The quantitative estimate of drug-likeness (QED) is 0.246. The molecule has 3 atom stereocenters. The molecule has 1 heterocycles. The standard InChI is InChI=1S/C34H42N4O4S/c1-5-13-25-17-11-12-19-27(25)36-33(42)37-28(20-24-15-7-6-8-16-24)29(39)32(41)38-22-43-34(3,4)30(38)31(40)35-21-26-18-10-9-14-23(26)2/h6-12,14-19,28-30,39H,5,13,20-22H2,1-4H3,(H,35,40)(H2,36,37,42). The number of carbonyl (C=O) groups is 3. The number of para-hydroxylation sites is 1. The predicted molar refractivity (Wildman–Crippen MR) is 173 cm³/mol. The van der Waals surface area contributed by atoms with Crippen LogP contribution in [0.25, 0.3) is 0 Å². The molecule has 228 valence electrons. The third kappa shape index (κ3) is 8.18. The number of aliphatic hydroxyl groups excluding tert-OH is 1. The van der Waals surface area contributed by atoms with E-state index in [-0.39, 0.29) is 18.2 Å². The molecule has 3 aromatic rings. The Hall–Kier alpha value is -3.82. The number of amides is 4. The van der Waals surface area contributed by atoms with E-state index in [9.17, 15) is 19.5 Å². The molecule has 1 aliphatic rings. The van der Waals surface area contributed by atoms with Crippen molar-refractivity contribution in [3.8, 4) is 0 Å². The zero-order valence-corrected chi connectivity index (χ0v) is 26.1. The smallest absolute Gasteiger partial charge is 0.319 e. The second kappa shape index (κ2) is 14.6. The fourth-order valence-electron chi connectivity index (χ4n) is 5.41. The number of hydrogen-bond donors (Lipinski definition) is 4. The van der Waals surface area contributed by atoms with Crippen LogP contribution in [0.15, 0.2) is 78.9 Å². The monoisotopic (exact) mass is 602 g/mol. The molecule has 9 heteroatoms. The van der Waals surface area contributed by atoms with E-state index in [1.807, 2.05) is 99.6 Å². The van der Waals surface area contributed by atoms with Gasteiger partial charge in [-0.05, 0) is 61.9 Å². The van der Waals surface area contributed by atoms with Crippen LogP contribution in [0.3, 0.4) is 0 Å². The number of carbonyl (C=O) groups excluding carboxylic acids is 3. The van der Waals surface area contributed by atoms with Crippen LogP contribution in [0.5, 0.6) is 0 Å². The molecular weight excluding hydrogens is 560 g/mol. The SMILES string of the molecule is CCCc1ccccc1NC(=O)NC(Cc1ccccc1)C(O)C(=O)N1CSC(C)(C)C1C(=O)NCc1ccccc1C. The number of rotatable bonds is 11. The van der Waals surface area contributed by atoms with Gasteiger partial charge in [0.2, 0.25) is 5.91 Å². The second-order valence-corrected chi connectivity index (χ2v) is 13.1.